The predicted octanol–water partition coefficient (Wildman–Crippen LogP) is 2.12. The standard InChI is InChI=1S/C11H10N2O3/c1-2-5-12-11-13-8-4-3-7(10(14)15)6-9(8)16-11/h2-4,6H,1,5H2,(H,12,13)(H,14,15). The lowest BCUT2D eigenvalue weighted by Gasteiger charge is -1.93. The van der Waals surface area contributed by atoms with E-state index >= 15 is 0 Å². The summed E-state index contributed by atoms with van der Waals surface area (Å²) in [6.07, 6.45) is 1.68. The first-order valence-electron chi connectivity index (χ1n) is 4.69. The molecule has 0 saturated carbocycles. The van der Waals surface area contributed by atoms with Gasteiger partial charge in [0.25, 0.3) is 6.01 Å². The Labute approximate surface area is 91.4 Å². The van der Waals surface area contributed by atoms with Crippen LogP contribution in [-0.4, -0.2) is 22.6 Å². The minimum Gasteiger partial charge on any atom is -0.478 e. The van der Waals surface area contributed by atoms with Gasteiger partial charge in [-0.25, -0.2) is 4.79 Å². The van der Waals surface area contributed by atoms with E-state index in [9.17, 15) is 4.79 Å². The molecule has 0 fully saturated rings. The Bertz CT molecular complexity index is 545. The molecule has 82 valence electrons. The number of oxazole rings is 1. The summed E-state index contributed by atoms with van der Waals surface area (Å²) in [6.45, 7) is 4.10. The molecule has 1 aromatic carbocycles. The van der Waals surface area contributed by atoms with Crippen molar-refractivity contribution >= 4 is 23.1 Å². The van der Waals surface area contributed by atoms with Gasteiger partial charge in [0.1, 0.15) is 5.52 Å². The van der Waals surface area contributed by atoms with Crippen LogP contribution in [-0.2, 0) is 0 Å². The zero-order chi connectivity index (χ0) is 11.5. The van der Waals surface area contributed by atoms with Gasteiger partial charge < -0.3 is 14.8 Å². The first kappa shape index (κ1) is 10.2. The molecule has 0 aliphatic carbocycles. The molecule has 5 nitrogen and oxygen atoms in total. The molecule has 0 bridgehead atoms. The second-order valence-corrected chi connectivity index (χ2v) is 3.18. The molecule has 2 rings (SSSR count). The second kappa shape index (κ2) is 4.06. The smallest absolute Gasteiger partial charge is 0.335 e. The van der Waals surface area contributed by atoms with Crippen LogP contribution in [0, 0.1) is 0 Å². The Morgan fingerprint density at radius 3 is 3.12 bits per heavy atom. The van der Waals surface area contributed by atoms with E-state index in [0.717, 1.165) is 0 Å². The number of carboxylic acid groups (broad SMARTS) is 1. The molecular weight excluding hydrogens is 208 g/mol. The summed E-state index contributed by atoms with van der Waals surface area (Å²) in [6, 6.07) is 4.91. The fraction of sp³-hybridized carbons (Fsp3) is 0.0909. The molecule has 2 aromatic rings. The molecule has 0 radical (unpaired) electrons. The van der Waals surface area contributed by atoms with Crippen molar-refractivity contribution in [1.82, 2.24) is 4.98 Å². The summed E-state index contributed by atoms with van der Waals surface area (Å²) in [5.74, 6) is -0.987. The van der Waals surface area contributed by atoms with Crippen LogP contribution in [0.1, 0.15) is 10.4 Å². The number of rotatable bonds is 4. The molecule has 0 amide bonds. The number of aromatic carboxylic acids is 1. The van der Waals surface area contributed by atoms with Crippen molar-refractivity contribution in [3.05, 3.63) is 36.4 Å². The van der Waals surface area contributed by atoms with Crippen LogP contribution in [0.25, 0.3) is 11.1 Å². The third kappa shape index (κ3) is 1.88. The van der Waals surface area contributed by atoms with Crippen molar-refractivity contribution in [3.63, 3.8) is 0 Å². The van der Waals surface area contributed by atoms with Crippen LogP contribution < -0.4 is 5.32 Å². The first-order chi connectivity index (χ1) is 7.70. The summed E-state index contributed by atoms with van der Waals surface area (Å²) < 4.78 is 5.33. The molecule has 0 aliphatic heterocycles. The van der Waals surface area contributed by atoms with Crippen molar-refractivity contribution in [2.75, 3.05) is 11.9 Å². The third-order valence-electron chi connectivity index (χ3n) is 2.03. The van der Waals surface area contributed by atoms with Gasteiger partial charge in [0.2, 0.25) is 0 Å². The van der Waals surface area contributed by atoms with Crippen LogP contribution in [0.3, 0.4) is 0 Å². The maximum Gasteiger partial charge on any atom is 0.335 e. The number of hydrogen-bond acceptors (Lipinski definition) is 4. The number of anilines is 1. The Morgan fingerprint density at radius 2 is 2.44 bits per heavy atom. The lowest BCUT2D eigenvalue weighted by molar-refractivity contribution is 0.0697. The third-order valence-corrected chi connectivity index (χ3v) is 2.03. The van der Waals surface area contributed by atoms with Gasteiger partial charge in [-0.15, -0.1) is 6.58 Å². The molecule has 0 saturated heterocycles. The van der Waals surface area contributed by atoms with Gasteiger partial charge in [-0.3, -0.25) is 0 Å². The van der Waals surface area contributed by atoms with Crippen LogP contribution in [0.15, 0.2) is 35.3 Å². The van der Waals surface area contributed by atoms with Gasteiger partial charge in [0.05, 0.1) is 5.56 Å². The van der Waals surface area contributed by atoms with Crippen molar-refractivity contribution in [2.45, 2.75) is 0 Å². The van der Waals surface area contributed by atoms with Gasteiger partial charge in [-0.2, -0.15) is 4.98 Å². The summed E-state index contributed by atoms with van der Waals surface area (Å²) in [5.41, 5.74) is 1.25. The van der Waals surface area contributed by atoms with E-state index in [2.05, 4.69) is 16.9 Å². The molecule has 2 N–H and O–H groups in total. The molecule has 1 heterocycles. The summed E-state index contributed by atoms with van der Waals surface area (Å²) >= 11 is 0. The van der Waals surface area contributed by atoms with Crippen LogP contribution in [0.4, 0.5) is 6.01 Å². The Hall–Kier alpha value is -2.30. The number of aromatic nitrogens is 1. The molecular formula is C11H10N2O3. The Kier molecular flexibility index (Phi) is 2.59. The average molecular weight is 218 g/mol. The molecule has 1 aromatic heterocycles. The average Bonchev–Trinajstić information content (AvgIpc) is 2.67. The van der Waals surface area contributed by atoms with Crippen molar-refractivity contribution in [1.29, 1.82) is 0 Å². The summed E-state index contributed by atoms with van der Waals surface area (Å²) in [7, 11) is 0. The van der Waals surface area contributed by atoms with E-state index in [1.807, 2.05) is 0 Å². The fourth-order valence-corrected chi connectivity index (χ4v) is 1.29. The lowest BCUT2D eigenvalue weighted by Crippen LogP contribution is -1.96. The van der Waals surface area contributed by atoms with E-state index in [1.165, 1.54) is 12.1 Å². The largest absolute Gasteiger partial charge is 0.478 e. The molecule has 0 spiro atoms. The molecule has 16 heavy (non-hydrogen) atoms. The van der Waals surface area contributed by atoms with Crippen molar-refractivity contribution in [2.24, 2.45) is 0 Å². The quantitative estimate of drug-likeness (QED) is 0.769. The maximum absolute atomic E-state index is 10.7. The maximum atomic E-state index is 10.7. The zero-order valence-electron chi connectivity index (χ0n) is 8.43. The monoisotopic (exact) mass is 218 g/mol. The normalized spacial score (nSPS) is 10.2. The Balaban J connectivity index is 2.37. The summed E-state index contributed by atoms with van der Waals surface area (Å²) in [4.78, 5) is 14.9. The van der Waals surface area contributed by atoms with Crippen LogP contribution in [0.2, 0.25) is 0 Å². The summed E-state index contributed by atoms with van der Waals surface area (Å²) in [5, 5.41) is 11.7. The second-order valence-electron chi connectivity index (χ2n) is 3.18. The van der Waals surface area contributed by atoms with Gasteiger partial charge in [0, 0.05) is 6.54 Å². The number of nitrogens with zero attached hydrogens (tertiary/aromatic N) is 1. The molecule has 5 heteroatoms. The number of benzene rings is 1. The molecule has 0 atom stereocenters. The minimum atomic E-state index is -0.987. The molecule has 0 unspecified atom stereocenters. The lowest BCUT2D eigenvalue weighted by atomic mass is 10.2. The van der Waals surface area contributed by atoms with E-state index in [4.69, 9.17) is 9.52 Å². The van der Waals surface area contributed by atoms with Crippen molar-refractivity contribution < 1.29 is 14.3 Å². The van der Waals surface area contributed by atoms with E-state index in [0.29, 0.717) is 23.7 Å². The van der Waals surface area contributed by atoms with E-state index < -0.39 is 5.97 Å². The highest BCUT2D eigenvalue weighted by Gasteiger charge is 2.08. The minimum absolute atomic E-state index is 0.180. The van der Waals surface area contributed by atoms with Crippen molar-refractivity contribution in [3.8, 4) is 0 Å². The van der Waals surface area contributed by atoms with Gasteiger partial charge in [-0.05, 0) is 18.2 Å². The molecule has 0 aliphatic rings. The number of fused-ring (bicyclic) bond motifs is 1. The van der Waals surface area contributed by atoms with Gasteiger partial charge in [-0.1, -0.05) is 6.08 Å². The SMILES string of the molecule is C=CCNc1nc2ccc(C(=O)O)cc2o1. The number of hydrogen-bond donors (Lipinski definition) is 2. The predicted molar refractivity (Wildman–Crippen MR) is 59.7 cm³/mol. The number of carboxylic acids is 1. The van der Waals surface area contributed by atoms with Crippen LogP contribution >= 0.6 is 0 Å². The topological polar surface area (TPSA) is 75.4 Å². The van der Waals surface area contributed by atoms with Crippen LogP contribution in [0.5, 0.6) is 0 Å². The Morgan fingerprint density at radius 1 is 1.62 bits per heavy atom. The van der Waals surface area contributed by atoms with E-state index in [1.54, 1.807) is 12.1 Å². The highest BCUT2D eigenvalue weighted by Crippen LogP contribution is 2.20. The number of nitrogens with one attached hydrogen (secondary N) is 1. The highest BCUT2D eigenvalue weighted by atomic mass is 16.4. The van der Waals surface area contributed by atoms with Gasteiger partial charge >= 0.3 is 5.97 Å². The van der Waals surface area contributed by atoms with E-state index in [-0.39, 0.29) is 5.56 Å². The fourth-order valence-electron chi connectivity index (χ4n) is 1.29. The zero-order valence-corrected chi connectivity index (χ0v) is 8.43. The highest BCUT2D eigenvalue weighted by molar-refractivity contribution is 5.92. The van der Waals surface area contributed by atoms with Gasteiger partial charge in [0.15, 0.2) is 5.58 Å². The number of carbonyl (C=O) groups is 1. The first-order valence-corrected chi connectivity index (χ1v) is 4.69.